The number of aromatic nitrogens is 3. The zero-order valence-corrected chi connectivity index (χ0v) is 20.6. The predicted molar refractivity (Wildman–Crippen MR) is 120 cm³/mol. The Morgan fingerprint density at radius 3 is 2.03 bits per heavy atom. The summed E-state index contributed by atoms with van der Waals surface area (Å²) in [6, 6.07) is 0. The lowest BCUT2D eigenvalue weighted by Gasteiger charge is -2.40. The van der Waals surface area contributed by atoms with E-state index < -0.39 is 24.3 Å². The molecule has 2 aliphatic rings. The third-order valence-corrected chi connectivity index (χ3v) is 6.51. The number of carboxylic acids is 2. The van der Waals surface area contributed by atoms with Crippen LogP contribution in [0.2, 0.25) is 0 Å². The molecule has 2 N–H and O–H groups in total. The average molecular weight is 560 g/mol. The van der Waals surface area contributed by atoms with Crippen molar-refractivity contribution in [3.63, 3.8) is 0 Å². The number of carbonyl (C=O) groups is 2. The molecule has 2 aliphatic heterocycles. The lowest BCUT2D eigenvalue weighted by molar-refractivity contribution is -0.193. The van der Waals surface area contributed by atoms with Gasteiger partial charge in [0.15, 0.2) is 0 Å². The summed E-state index contributed by atoms with van der Waals surface area (Å²) in [5.74, 6) is -5.51. The summed E-state index contributed by atoms with van der Waals surface area (Å²) < 4.78 is 65.4. The maximum absolute atomic E-state index is 10.6. The Hall–Kier alpha value is -2.72. The van der Waals surface area contributed by atoms with Crippen molar-refractivity contribution in [3.05, 3.63) is 34.5 Å². The van der Waals surface area contributed by atoms with Gasteiger partial charge in [-0.05, 0) is 37.8 Å². The van der Waals surface area contributed by atoms with Crippen LogP contribution in [0.3, 0.4) is 0 Å². The van der Waals surface area contributed by atoms with E-state index in [1.807, 2.05) is 24.1 Å². The van der Waals surface area contributed by atoms with Gasteiger partial charge < -0.3 is 10.2 Å². The van der Waals surface area contributed by atoms with Crippen LogP contribution in [0.5, 0.6) is 0 Å². The lowest BCUT2D eigenvalue weighted by atomic mass is 9.79. The Morgan fingerprint density at radius 1 is 1.00 bits per heavy atom. The number of halogens is 6. The summed E-state index contributed by atoms with van der Waals surface area (Å²) in [6.07, 6.45) is -0.0599. The Labute approximate surface area is 212 Å². The number of piperidine rings is 1. The maximum Gasteiger partial charge on any atom is 0.490 e. The average Bonchev–Trinajstić information content (AvgIpc) is 3.51. The van der Waals surface area contributed by atoms with Gasteiger partial charge in [0.1, 0.15) is 5.01 Å². The van der Waals surface area contributed by atoms with Crippen LogP contribution in [0.4, 0.5) is 26.3 Å². The van der Waals surface area contributed by atoms with Crippen LogP contribution in [-0.2, 0) is 29.7 Å². The number of aliphatic carboxylic acids is 2. The second-order valence-corrected chi connectivity index (χ2v) is 9.81. The molecule has 37 heavy (non-hydrogen) atoms. The fourth-order valence-corrected chi connectivity index (χ4v) is 4.93. The normalized spacial score (nSPS) is 20.6. The van der Waals surface area contributed by atoms with E-state index in [0.717, 1.165) is 13.1 Å². The Balaban J connectivity index is 0.000000286. The molecule has 0 aromatic carbocycles. The van der Waals surface area contributed by atoms with Crippen LogP contribution in [-0.4, -0.2) is 85.2 Å². The van der Waals surface area contributed by atoms with Gasteiger partial charge in [-0.3, -0.25) is 14.5 Å². The number of rotatable bonds is 4. The van der Waals surface area contributed by atoms with E-state index in [9.17, 15) is 26.3 Å². The number of carboxylic acid groups (broad SMARTS) is 2. The number of hydrogen-bond donors (Lipinski definition) is 2. The van der Waals surface area contributed by atoms with E-state index in [-0.39, 0.29) is 0 Å². The predicted octanol–water partition coefficient (Wildman–Crippen LogP) is 3.63. The summed E-state index contributed by atoms with van der Waals surface area (Å²) >= 11 is 1.78. The first-order valence-corrected chi connectivity index (χ1v) is 11.9. The van der Waals surface area contributed by atoms with Crippen molar-refractivity contribution in [1.29, 1.82) is 0 Å². The molecule has 2 aromatic heterocycles. The first-order chi connectivity index (χ1) is 17.1. The molecule has 4 heterocycles. The van der Waals surface area contributed by atoms with Crippen molar-refractivity contribution in [1.82, 2.24) is 24.6 Å². The molecule has 0 saturated carbocycles. The van der Waals surface area contributed by atoms with Gasteiger partial charge in [0, 0.05) is 50.0 Å². The molecule has 0 radical (unpaired) electrons. The van der Waals surface area contributed by atoms with Crippen molar-refractivity contribution in [2.75, 3.05) is 26.2 Å². The highest BCUT2D eigenvalue weighted by Crippen LogP contribution is 2.39. The molecule has 2 fully saturated rings. The summed E-state index contributed by atoms with van der Waals surface area (Å²) in [5, 5.41) is 21.9. The van der Waals surface area contributed by atoms with Gasteiger partial charge in [-0.15, -0.1) is 11.3 Å². The van der Waals surface area contributed by atoms with Gasteiger partial charge in [-0.25, -0.2) is 14.6 Å². The molecular weight excluding hydrogens is 532 g/mol. The SMILES string of the molecule is Cn1cc(CN2CCCC3(CCN(Cc4nccs4)C3)C2)cn1.O=C(O)C(F)(F)F.O=C(O)C(F)(F)F. The number of aryl methyl sites for hydroxylation is 1. The highest BCUT2D eigenvalue weighted by atomic mass is 32.1. The standard InChI is InChI=1S/C17H25N5S.2C2HF3O2/c1-20-10-15(9-19-20)11-21-6-2-3-17(13-21)4-7-22(14-17)12-16-18-5-8-23-16;2*3-2(4,5)1(6)7/h5,8-10H,2-4,6-7,11-14H2,1H3;2*(H,6,7). The quantitative estimate of drug-likeness (QED) is 0.547. The van der Waals surface area contributed by atoms with Crippen LogP contribution < -0.4 is 0 Å². The molecule has 1 spiro atoms. The van der Waals surface area contributed by atoms with Crippen LogP contribution in [0.25, 0.3) is 0 Å². The van der Waals surface area contributed by atoms with Crippen LogP contribution in [0.15, 0.2) is 24.0 Å². The summed E-state index contributed by atoms with van der Waals surface area (Å²) in [5.41, 5.74) is 1.83. The largest absolute Gasteiger partial charge is 0.490 e. The molecule has 2 aromatic rings. The number of thiazole rings is 1. The second-order valence-electron chi connectivity index (χ2n) is 8.83. The molecule has 0 amide bonds. The number of hydrogen-bond acceptors (Lipinski definition) is 7. The number of likely N-dealkylation sites (tertiary alicyclic amines) is 2. The number of nitrogens with zero attached hydrogens (tertiary/aromatic N) is 5. The van der Waals surface area contributed by atoms with Crippen LogP contribution in [0.1, 0.15) is 29.8 Å². The third-order valence-electron chi connectivity index (χ3n) is 5.75. The molecule has 1 unspecified atom stereocenters. The van der Waals surface area contributed by atoms with Crippen molar-refractivity contribution < 1.29 is 46.1 Å². The fraction of sp³-hybridized carbons (Fsp3) is 0.619. The molecule has 16 heteroatoms. The second kappa shape index (κ2) is 12.7. The topological polar surface area (TPSA) is 112 Å². The van der Waals surface area contributed by atoms with Gasteiger partial charge in [0.25, 0.3) is 0 Å². The summed E-state index contributed by atoms with van der Waals surface area (Å²) in [6.45, 7) is 6.99. The van der Waals surface area contributed by atoms with Crippen molar-refractivity contribution in [2.24, 2.45) is 12.5 Å². The fourth-order valence-electron chi connectivity index (χ4n) is 4.27. The third kappa shape index (κ3) is 10.3. The molecule has 9 nitrogen and oxygen atoms in total. The molecule has 4 rings (SSSR count). The molecule has 208 valence electrons. The van der Waals surface area contributed by atoms with E-state index in [1.165, 1.54) is 56.0 Å². The van der Waals surface area contributed by atoms with E-state index >= 15 is 0 Å². The molecular formula is C21H27F6N5O4S. The minimum absolute atomic E-state index is 0.498. The van der Waals surface area contributed by atoms with E-state index in [1.54, 1.807) is 11.3 Å². The van der Waals surface area contributed by atoms with Crippen molar-refractivity contribution >= 4 is 23.3 Å². The zero-order valence-electron chi connectivity index (χ0n) is 19.8. The monoisotopic (exact) mass is 559 g/mol. The van der Waals surface area contributed by atoms with E-state index in [2.05, 4.69) is 31.5 Å². The Morgan fingerprint density at radius 2 is 1.57 bits per heavy atom. The summed E-state index contributed by atoms with van der Waals surface area (Å²) in [7, 11) is 1.99. The highest BCUT2D eigenvalue weighted by Gasteiger charge is 2.41. The first kappa shape index (κ1) is 30.5. The van der Waals surface area contributed by atoms with Gasteiger partial charge in [-0.1, -0.05) is 0 Å². The van der Waals surface area contributed by atoms with E-state index in [0.29, 0.717) is 5.41 Å². The Bertz CT molecular complexity index is 990. The van der Waals surface area contributed by atoms with Gasteiger partial charge in [0.05, 0.1) is 12.7 Å². The van der Waals surface area contributed by atoms with Crippen molar-refractivity contribution in [3.8, 4) is 0 Å². The van der Waals surface area contributed by atoms with Crippen LogP contribution in [0, 0.1) is 5.41 Å². The zero-order chi connectivity index (χ0) is 27.9. The molecule has 0 aliphatic carbocycles. The van der Waals surface area contributed by atoms with Crippen LogP contribution >= 0.6 is 11.3 Å². The lowest BCUT2D eigenvalue weighted by Crippen LogP contribution is -2.44. The summed E-state index contributed by atoms with van der Waals surface area (Å²) in [4.78, 5) is 27.5. The smallest absolute Gasteiger partial charge is 0.475 e. The molecule has 2 saturated heterocycles. The van der Waals surface area contributed by atoms with Gasteiger partial charge in [-0.2, -0.15) is 31.4 Å². The highest BCUT2D eigenvalue weighted by molar-refractivity contribution is 7.09. The first-order valence-electron chi connectivity index (χ1n) is 11.0. The molecule has 1 atom stereocenters. The van der Waals surface area contributed by atoms with Gasteiger partial charge in [0.2, 0.25) is 0 Å². The Kier molecular flexibility index (Phi) is 10.5. The maximum atomic E-state index is 10.6. The van der Waals surface area contributed by atoms with Crippen molar-refractivity contribution in [2.45, 2.75) is 44.7 Å². The van der Waals surface area contributed by atoms with Gasteiger partial charge >= 0.3 is 24.3 Å². The van der Waals surface area contributed by atoms with E-state index in [4.69, 9.17) is 19.8 Å². The molecule has 0 bridgehead atoms. The minimum Gasteiger partial charge on any atom is -0.475 e. The number of alkyl halides is 6. The minimum atomic E-state index is -5.08.